The molecule has 1 atom stereocenters. The Labute approximate surface area is 143 Å². The fourth-order valence-electron chi connectivity index (χ4n) is 2.18. The van der Waals surface area contributed by atoms with Crippen molar-refractivity contribution in [1.29, 1.82) is 0 Å². The average Bonchev–Trinajstić information content (AvgIpc) is 3.09. The molecule has 1 amide bonds. The van der Waals surface area contributed by atoms with E-state index in [9.17, 15) is 9.59 Å². The molecular weight excluding hydrogens is 324 g/mol. The lowest BCUT2D eigenvalue weighted by Crippen LogP contribution is -2.30. The number of aromatic nitrogens is 1. The molecule has 0 bridgehead atoms. The molecule has 0 aliphatic carbocycles. The second kappa shape index (κ2) is 7.04. The Morgan fingerprint density at radius 1 is 1.16 bits per heavy atom. The van der Waals surface area contributed by atoms with E-state index in [0.29, 0.717) is 22.5 Å². The Morgan fingerprint density at radius 2 is 1.92 bits per heavy atom. The van der Waals surface area contributed by atoms with Crippen molar-refractivity contribution in [1.82, 2.24) is 4.98 Å². The number of nitrogens with one attached hydrogen (secondary N) is 1. The Hall–Kier alpha value is -3.35. The number of fused-ring (bicyclic) bond motifs is 1. The number of ether oxygens (including phenoxy) is 2. The number of hydrogen-bond acceptors (Lipinski definition) is 6. The van der Waals surface area contributed by atoms with Gasteiger partial charge in [-0.1, -0.05) is 0 Å². The molecule has 0 radical (unpaired) electrons. The highest BCUT2D eigenvalue weighted by molar-refractivity contribution is 5.98. The van der Waals surface area contributed by atoms with E-state index in [4.69, 9.17) is 13.9 Å². The smallest absolute Gasteiger partial charge is 0.339 e. The predicted octanol–water partition coefficient (Wildman–Crippen LogP) is 3.02. The van der Waals surface area contributed by atoms with Gasteiger partial charge in [0.1, 0.15) is 11.3 Å². The van der Waals surface area contributed by atoms with Crippen LogP contribution in [0.15, 0.2) is 53.3 Å². The van der Waals surface area contributed by atoms with E-state index in [0.717, 1.165) is 0 Å². The molecule has 1 aromatic heterocycles. The fourth-order valence-corrected chi connectivity index (χ4v) is 2.18. The first-order valence-corrected chi connectivity index (χ1v) is 7.56. The van der Waals surface area contributed by atoms with Crippen LogP contribution in [0.25, 0.3) is 11.1 Å². The van der Waals surface area contributed by atoms with Crippen molar-refractivity contribution < 1.29 is 23.5 Å². The van der Waals surface area contributed by atoms with E-state index in [2.05, 4.69) is 10.3 Å². The van der Waals surface area contributed by atoms with E-state index < -0.39 is 18.0 Å². The van der Waals surface area contributed by atoms with Crippen LogP contribution in [-0.2, 0) is 9.53 Å². The predicted molar refractivity (Wildman–Crippen MR) is 90.5 cm³/mol. The number of carbonyl (C=O) groups excluding carboxylic acids is 2. The molecule has 2 aromatic carbocycles. The molecule has 7 heteroatoms. The maximum absolute atomic E-state index is 12.2. The highest BCUT2D eigenvalue weighted by Gasteiger charge is 2.19. The molecule has 3 rings (SSSR count). The van der Waals surface area contributed by atoms with Crippen LogP contribution in [0.2, 0.25) is 0 Å². The van der Waals surface area contributed by atoms with E-state index in [1.165, 1.54) is 19.4 Å². The highest BCUT2D eigenvalue weighted by atomic mass is 16.5. The van der Waals surface area contributed by atoms with Crippen LogP contribution in [0.4, 0.5) is 5.69 Å². The van der Waals surface area contributed by atoms with Gasteiger partial charge in [-0.25, -0.2) is 9.78 Å². The second-order valence-corrected chi connectivity index (χ2v) is 5.30. The quantitative estimate of drug-likeness (QED) is 0.718. The number of oxazole rings is 1. The van der Waals surface area contributed by atoms with E-state index >= 15 is 0 Å². The van der Waals surface area contributed by atoms with Crippen LogP contribution < -0.4 is 10.1 Å². The van der Waals surface area contributed by atoms with Crippen molar-refractivity contribution in [3.8, 4) is 5.75 Å². The largest absolute Gasteiger partial charge is 0.497 e. The number of hydrogen-bond donors (Lipinski definition) is 1. The Morgan fingerprint density at radius 3 is 2.64 bits per heavy atom. The van der Waals surface area contributed by atoms with Crippen LogP contribution in [0.1, 0.15) is 17.3 Å². The summed E-state index contributed by atoms with van der Waals surface area (Å²) in [4.78, 5) is 28.3. The summed E-state index contributed by atoms with van der Waals surface area (Å²) in [5.74, 6) is -0.366. The lowest BCUT2D eigenvalue weighted by Gasteiger charge is -2.13. The minimum absolute atomic E-state index is 0.286. The zero-order chi connectivity index (χ0) is 17.8. The van der Waals surface area contributed by atoms with Crippen LogP contribution in [0.5, 0.6) is 5.75 Å². The topological polar surface area (TPSA) is 90.7 Å². The number of anilines is 1. The number of rotatable bonds is 5. The Kier molecular flexibility index (Phi) is 4.65. The average molecular weight is 340 g/mol. The van der Waals surface area contributed by atoms with Crippen molar-refractivity contribution in [2.45, 2.75) is 13.0 Å². The molecule has 0 fully saturated rings. The molecule has 1 heterocycles. The van der Waals surface area contributed by atoms with E-state index in [-0.39, 0.29) is 5.56 Å². The molecule has 1 unspecified atom stereocenters. The summed E-state index contributed by atoms with van der Waals surface area (Å²) >= 11 is 0. The van der Waals surface area contributed by atoms with Crippen LogP contribution >= 0.6 is 0 Å². The first kappa shape index (κ1) is 16.5. The third kappa shape index (κ3) is 3.77. The number of esters is 1. The molecule has 3 aromatic rings. The van der Waals surface area contributed by atoms with E-state index in [1.54, 1.807) is 43.5 Å². The lowest BCUT2D eigenvalue weighted by atomic mass is 10.2. The van der Waals surface area contributed by atoms with Crippen molar-refractivity contribution >= 4 is 28.7 Å². The lowest BCUT2D eigenvalue weighted by molar-refractivity contribution is -0.123. The molecule has 0 saturated carbocycles. The molecular formula is C18H16N2O5. The van der Waals surface area contributed by atoms with Gasteiger partial charge in [0.15, 0.2) is 18.1 Å². The van der Waals surface area contributed by atoms with Crippen LogP contribution in [0, 0.1) is 0 Å². The van der Waals surface area contributed by atoms with Gasteiger partial charge in [0.25, 0.3) is 5.91 Å². The molecule has 0 aliphatic heterocycles. The summed E-state index contributed by atoms with van der Waals surface area (Å²) in [6.45, 7) is 1.50. The molecule has 128 valence electrons. The summed E-state index contributed by atoms with van der Waals surface area (Å²) < 4.78 is 15.4. The normalized spacial score (nSPS) is 11.8. The molecule has 25 heavy (non-hydrogen) atoms. The molecule has 0 spiro atoms. The summed E-state index contributed by atoms with van der Waals surface area (Å²) in [6.07, 6.45) is 0.338. The number of nitrogens with zero attached hydrogens (tertiary/aromatic N) is 1. The van der Waals surface area contributed by atoms with Gasteiger partial charge < -0.3 is 19.2 Å². The second-order valence-electron chi connectivity index (χ2n) is 5.30. The standard InChI is InChI=1S/C18H16N2O5/c1-11(17(21)20-13-4-6-14(23-2)7-5-13)25-18(22)12-3-8-15-16(9-12)24-10-19-15/h3-11H,1-2H3,(H,20,21). The first-order chi connectivity index (χ1) is 12.1. The monoisotopic (exact) mass is 340 g/mol. The van der Waals surface area contributed by atoms with Crippen molar-refractivity contribution in [3.05, 3.63) is 54.4 Å². The fraction of sp³-hybridized carbons (Fsp3) is 0.167. The van der Waals surface area contributed by atoms with Gasteiger partial charge in [0.2, 0.25) is 0 Å². The van der Waals surface area contributed by atoms with Crippen molar-refractivity contribution in [3.63, 3.8) is 0 Å². The molecule has 7 nitrogen and oxygen atoms in total. The minimum atomic E-state index is -0.958. The zero-order valence-corrected chi connectivity index (χ0v) is 13.7. The molecule has 0 saturated heterocycles. The molecule has 1 N–H and O–H groups in total. The molecule has 0 aliphatic rings. The summed E-state index contributed by atoms with van der Waals surface area (Å²) in [5, 5.41) is 2.68. The zero-order valence-electron chi connectivity index (χ0n) is 13.7. The number of amides is 1. The first-order valence-electron chi connectivity index (χ1n) is 7.56. The van der Waals surface area contributed by atoms with Gasteiger partial charge in [0, 0.05) is 5.69 Å². The number of benzene rings is 2. The third-order valence-electron chi connectivity index (χ3n) is 3.58. The maximum Gasteiger partial charge on any atom is 0.339 e. The maximum atomic E-state index is 12.2. The third-order valence-corrected chi connectivity index (χ3v) is 3.58. The van der Waals surface area contributed by atoms with Crippen molar-refractivity contribution in [2.24, 2.45) is 0 Å². The van der Waals surface area contributed by atoms with Crippen LogP contribution in [0.3, 0.4) is 0 Å². The number of carbonyl (C=O) groups is 2. The number of methoxy groups -OCH3 is 1. The van der Waals surface area contributed by atoms with Gasteiger partial charge in [-0.15, -0.1) is 0 Å². The van der Waals surface area contributed by atoms with Gasteiger partial charge in [-0.2, -0.15) is 0 Å². The SMILES string of the molecule is COc1ccc(NC(=O)C(C)OC(=O)c2ccc3ncoc3c2)cc1. The minimum Gasteiger partial charge on any atom is -0.497 e. The van der Waals surface area contributed by atoms with Gasteiger partial charge >= 0.3 is 5.97 Å². The van der Waals surface area contributed by atoms with Gasteiger partial charge in [-0.05, 0) is 49.4 Å². The van der Waals surface area contributed by atoms with Crippen molar-refractivity contribution in [2.75, 3.05) is 12.4 Å². The Bertz CT molecular complexity index is 901. The van der Waals surface area contributed by atoms with Gasteiger partial charge in [-0.3, -0.25) is 4.79 Å². The van der Waals surface area contributed by atoms with Gasteiger partial charge in [0.05, 0.1) is 12.7 Å². The van der Waals surface area contributed by atoms with Crippen LogP contribution in [-0.4, -0.2) is 30.1 Å². The summed E-state index contributed by atoms with van der Waals surface area (Å²) in [5.41, 5.74) is 1.98. The summed E-state index contributed by atoms with van der Waals surface area (Å²) in [7, 11) is 1.56. The Balaban J connectivity index is 1.62. The highest BCUT2D eigenvalue weighted by Crippen LogP contribution is 2.17. The van der Waals surface area contributed by atoms with E-state index in [1.807, 2.05) is 0 Å². The summed E-state index contributed by atoms with van der Waals surface area (Å²) in [6, 6.07) is 11.6.